The van der Waals surface area contributed by atoms with Gasteiger partial charge in [0, 0.05) is 48.1 Å². The summed E-state index contributed by atoms with van der Waals surface area (Å²) in [5.74, 6) is 2.82. The number of aromatic nitrogens is 4. The van der Waals surface area contributed by atoms with Gasteiger partial charge < -0.3 is 24.0 Å². The molecule has 0 radical (unpaired) electrons. The predicted molar refractivity (Wildman–Crippen MR) is 150 cm³/mol. The monoisotopic (exact) mass is 580 g/mol. The average Bonchev–Trinajstić information content (AvgIpc) is 2.97. The van der Waals surface area contributed by atoms with Crippen LogP contribution in [0.15, 0.2) is 45.9 Å². The van der Waals surface area contributed by atoms with Gasteiger partial charge in [0.15, 0.2) is 11.5 Å². The highest BCUT2D eigenvalue weighted by atomic mass is 79.9. The number of methoxy groups -OCH3 is 2. The Morgan fingerprint density at radius 1 is 0.895 bits per heavy atom. The second-order valence-electron chi connectivity index (χ2n) is 9.51. The number of ether oxygens (including phenoxy) is 3. The number of halogens is 1. The van der Waals surface area contributed by atoms with E-state index in [2.05, 4.69) is 30.7 Å². The summed E-state index contributed by atoms with van der Waals surface area (Å²) in [6.45, 7) is 4.29. The third-order valence-electron chi connectivity index (χ3n) is 7.37. The first-order valence-corrected chi connectivity index (χ1v) is 13.5. The molecular weight excluding hydrogens is 552 g/mol. The van der Waals surface area contributed by atoms with Crippen molar-refractivity contribution in [2.75, 3.05) is 63.4 Å². The molecule has 38 heavy (non-hydrogen) atoms. The van der Waals surface area contributed by atoms with Gasteiger partial charge >= 0.3 is 0 Å². The Morgan fingerprint density at radius 2 is 1.63 bits per heavy atom. The van der Waals surface area contributed by atoms with Gasteiger partial charge in [-0.1, -0.05) is 15.9 Å². The van der Waals surface area contributed by atoms with Gasteiger partial charge in [0.25, 0.3) is 5.56 Å². The first kappa shape index (κ1) is 24.9. The summed E-state index contributed by atoms with van der Waals surface area (Å²) in [4.78, 5) is 32.2. The molecule has 11 heteroatoms. The van der Waals surface area contributed by atoms with Crippen LogP contribution < -0.4 is 24.8 Å². The van der Waals surface area contributed by atoms with Crippen LogP contribution in [0, 0.1) is 0 Å². The topological polar surface area (TPSA) is 94.8 Å². The van der Waals surface area contributed by atoms with Crippen molar-refractivity contribution in [3.63, 3.8) is 0 Å². The first-order chi connectivity index (χ1) is 18.6. The summed E-state index contributed by atoms with van der Waals surface area (Å²) in [6, 6.07) is 9.54. The van der Waals surface area contributed by atoms with Crippen molar-refractivity contribution in [3.8, 4) is 11.5 Å². The maximum absolute atomic E-state index is 13.3. The third kappa shape index (κ3) is 4.54. The van der Waals surface area contributed by atoms with Gasteiger partial charge in [-0.2, -0.15) is 4.98 Å². The molecule has 0 saturated carbocycles. The molecule has 2 aromatic heterocycles. The molecule has 2 aliphatic rings. The van der Waals surface area contributed by atoms with Crippen molar-refractivity contribution in [2.45, 2.75) is 18.9 Å². The molecule has 6 rings (SSSR count). The summed E-state index contributed by atoms with van der Waals surface area (Å²) in [5, 5.41) is 1.54. The number of benzene rings is 2. The minimum absolute atomic E-state index is 0.00586. The molecule has 0 atom stereocenters. The van der Waals surface area contributed by atoms with E-state index >= 15 is 0 Å². The van der Waals surface area contributed by atoms with E-state index in [0.717, 1.165) is 60.2 Å². The normalized spacial score (nSPS) is 16.8. The summed E-state index contributed by atoms with van der Waals surface area (Å²) >= 11 is 3.47. The molecule has 0 N–H and O–H groups in total. The van der Waals surface area contributed by atoms with E-state index in [1.54, 1.807) is 25.1 Å². The highest BCUT2D eigenvalue weighted by Gasteiger charge is 2.26. The summed E-state index contributed by atoms with van der Waals surface area (Å²) in [5.41, 5.74) is 1.50. The van der Waals surface area contributed by atoms with E-state index < -0.39 is 0 Å². The third-order valence-corrected chi connectivity index (χ3v) is 7.86. The number of nitrogens with zero attached hydrogens (tertiary/aromatic N) is 6. The Hall–Kier alpha value is -3.44. The molecule has 2 aliphatic heterocycles. The van der Waals surface area contributed by atoms with E-state index in [0.29, 0.717) is 41.6 Å². The molecule has 0 unspecified atom stereocenters. The minimum Gasteiger partial charge on any atom is -0.493 e. The number of morpholine rings is 1. The van der Waals surface area contributed by atoms with Crippen LogP contribution in [0.4, 0.5) is 11.8 Å². The van der Waals surface area contributed by atoms with Crippen molar-refractivity contribution in [1.82, 2.24) is 19.5 Å². The Morgan fingerprint density at radius 3 is 2.37 bits per heavy atom. The molecule has 0 aliphatic carbocycles. The fourth-order valence-electron chi connectivity index (χ4n) is 5.30. The van der Waals surface area contributed by atoms with Crippen LogP contribution in [0.2, 0.25) is 0 Å². The average molecular weight is 581 g/mol. The largest absolute Gasteiger partial charge is 0.493 e. The quantitative estimate of drug-likeness (QED) is 0.349. The second-order valence-corrected chi connectivity index (χ2v) is 10.4. The number of hydrogen-bond donors (Lipinski definition) is 0. The molecule has 2 fully saturated rings. The van der Waals surface area contributed by atoms with E-state index in [1.807, 2.05) is 30.3 Å². The predicted octanol–water partition coefficient (Wildman–Crippen LogP) is 3.80. The Kier molecular flexibility index (Phi) is 6.79. The number of rotatable bonds is 5. The van der Waals surface area contributed by atoms with Gasteiger partial charge in [0.1, 0.15) is 5.82 Å². The number of anilines is 2. The van der Waals surface area contributed by atoms with Crippen molar-refractivity contribution in [1.29, 1.82) is 0 Å². The second kappa shape index (κ2) is 10.4. The van der Waals surface area contributed by atoms with Crippen molar-refractivity contribution in [2.24, 2.45) is 0 Å². The maximum atomic E-state index is 13.3. The smallest absolute Gasteiger partial charge is 0.261 e. The highest BCUT2D eigenvalue weighted by Crippen LogP contribution is 2.37. The van der Waals surface area contributed by atoms with Gasteiger partial charge in [0.05, 0.1) is 50.2 Å². The van der Waals surface area contributed by atoms with Crippen molar-refractivity contribution < 1.29 is 14.2 Å². The molecule has 198 valence electrons. The number of piperidine rings is 1. The summed E-state index contributed by atoms with van der Waals surface area (Å²) < 4.78 is 19.3. The fraction of sp³-hybridized carbons (Fsp3) is 0.407. The molecule has 2 aromatic carbocycles. The van der Waals surface area contributed by atoms with Crippen LogP contribution in [-0.2, 0) is 4.74 Å². The number of fused-ring (bicyclic) bond motifs is 2. The Balaban J connectivity index is 1.34. The molecule has 0 spiro atoms. The summed E-state index contributed by atoms with van der Waals surface area (Å²) in [6.07, 6.45) is 3.28. The van der Waals surface area contributed by atoms with Crippen LogP contribution >= 0.6 is 15.9 Å². The molecule has 0 bridgehead atoms. The van der Waals surface area contributed by atoms with Gasteiger partial charge in [0.2, 0.25) is 5.95 Å². The van der Waals surface area contributed by atoms with Crippen LogP contribution in [0.1, 0.15) is 18.9 Å². The standard InChI is InChI=1S/C27H29BrN6O4/c1-36-23-14-19-22(15-24(23)37-2)30-27(33-9-11-38-12-10-33)31-25(19)32-7-5-18(6-8-32)34-16-29-21-4-3-17(28)13-20(21)26(34)35/h3-4,13-16,18H,5-12H2,1-2H3. The lowest BCUT2D eigenvalue weighted by molar-refractivity contribution is 0.122. The molecule has 0 amide bonds. The molecule has 2 saturated heterocycles. The first-order valence-electron chi connectivity index (χ1n) is 12.7. The maximum Gasteiger partial charge on any atom is 0.261 e. The van der Waals surface area contributed by atoms with Gasteiger partial charge in [-0.05, 0) is 37.1 Å². The van der Waals surface area contributed by atoms with Crippen LogP contribution in [0.25, 0.3) is 21.8 Å². The van der Waals surface area contributed by atoms with Crippen LogP contribution in [-0.4, -0.2) is 73.1 Å². The zero-order valence-electron chi connectivity index (χ0n) is 21.4. The van der Waals surface area contributed by atoms with E-state index in [4.69, 9.17) is 24.2 Å². The van der Waals surface area contributed by atoms with Gasteiger partial charge in [-0.25, -0.2) is 9.97 Å². The molecular formula is C27H29BrN6O4. The summed E-state index contributed by atoms with van der Waals surface area (Å²) in [7, 11) is 3.26. The lowest BCUT2D eigenvalue weighted by Gasteiger charge is -2.35. The fourth-order valence-corrected chi connectivity index (χ4v) is 5.66. The highest BCUT2D eigenvalue weighted by molar-refractivity contribution is 9.10. The SMILES string of the molecule is COc1cc2nc(N3CCOCC3)nc(N3CCC(n4cnc5ccc(Br)cc5c4=O)CC3)c2cc1OC. The van der Waals surface area contributed by atoms with E-state index in [-0.39, 0.29) is 11.6 Å². The van der Waals surface area contributed by atoms with Crippen LogP contribution in [0.5, 0.6) is 11.5 Å². The molecule has 10 nitrogen and oxygen atoms in total. The van der Waals surface area contributed by atoms with Crippen LogP contribution in [0.3, 0.4) is 0 Å². The zero-order valence-corrected chi connectivity index (χ0v) is 23.0. The van der Waals surface area contributed by atoms with Gasteiger partial charge in [-0.3, -0.25) is 9.36 Å². The Bertz CT molecular complexity index is 1550. The lowest BCUT2D eigenvalue weighted by Crippen LogP contribution is -2.39. The lowest BCUT2D eigenvalue weighted by atomic mass is 10.0. The molecule has 4 aromatic rings. The minimum atomic E-state index is -0.00586. The van der Waals surface area contributed by atoms with Crippen molar-refractivity contribution >= 4 is 49.5 Å². The van der Waals surface area contributed by atoms with E-state index in [9.17, 15) is 4.79 Å². The zero-order chi connectivity index (χ0) is 26.2. The molecule has 4 heterocycles. The van der Waals surface area contributed by atoms with Crippen molar-refractivity contribution in [3.05, 3.63) is 51.5 Å². The van der Waals surface area contributed by atoms with Gasteiger partial charge in [-0.15, -0.1) is 0 Å². The Labute approximate surface area is 228 Å². The van der Waals surface area contributed by atoms with E-state index in [1.165, 1.54) is 0 Å². The number of hydrogen-bond acceptors (Lipinski definition) is 9.